The highest BCUT2D eigenvalue weighted by Gasteiger charge is 2.52. The highest BCUT2D eigenvalue weighted by molar-refractivity contribution is 6.08. The van der Waals surface area contributed by atoms with Crippen molar-refractivity contribution in [3.8, 4) is 5.75 Å². The molecule has 2 fully saturated rings. The van der Waals surface area contributed by atoms with Gasteiger partial charge >= 0.3 is 12.0 Å². The molecule has 0 atom stereocenters. The van der Waals surface area contributed by atoms with E-state index in [1.165, 1.54) is 0 Å². The Hall–Kier alpha value is -2.57. The zero-order valence-corrected chi connectivity index (χ0v) is 14.2. The fourth-order valence-corrected chi connectivity index (χ4v) is 3.34. The predicted octanol–water partition coefficient (Wildman–Crippen LogP) is 1.78. The smallest absolute Gasteiger partial charge is 0.326 e. The lowest BCUT2D eigenvalue weighted by Crippen LogP contribution is -2.44. The third-order valence-corrected chi connectivity index (χ3v) is 4.69. The fraction of sp³-hybridized carbons (Fsp3) is 0.500. The van der Waals surface area contributed by atoms with Gasteiger partial charge in [-0.25, -0.2) is 4.79 Å². The van der Waals surface area contributed by atoms with Crippen molar-refractivity contribution in [2.24, 2.45) is 0 Å². The molecule has 1 saturated heterocycles. The predicted molar refractivity (Wildman–Crippen MR) is 89.1 cm³/mol. The van der Waals surface area contributed by atoms with E-state index in [9.17, 15) is 14.4 Å². The molecule has 3 amide bonds. The Labute approximate surface area is 146 Å². The van der Waals surface area contributed by atoms with E-state index in [-0.39, 0.29) is 25.7 Å². The van der Waals surface area contributed by atoms with Crippen molar-refractivity contribution in [2.45, 2.75) is 38.1 Å². The number of hydrogen-bond acceptors (Lipinski definition) is 5. The van der Waals surface area contributed by atoms with Crippen molar-refractivity contribution in [1.82, 2.24) is 10.2 Å². The number of nitrogens with zero attached hydrogens (tertiary/aromatic N) is 1. The summed E-state index contributed by atoms with van der Waals surface area (Å²) in [5.41, 5.74) is 0.195. The van der Waals surface area contributed by atoms with Gasteiger partial charge in [0.05, 0.1) is 0 Å². The molecule has 1 heterocycles. The molecule has 3 rings (SSSR count). The number of benzene rings is 1. The Bertz CT molecular complexity index is 682. The Morgan fingerprint density at radius 3 is 2.64 bits per heavy atom. The van der Waals surface area contributed by atoms with E-state index < -0.39 is 17.5 Å². The van der Waals surface area contributed by atoms with E-state index >= 15 is 0 Å². The molecular formula is C18H22N2O5. The molecule has 7 heteroatoms. The maximum atomic E-state index is 12.4. The molecule has 1 N–H and O–H groups in total. The van der Waals surface area contributed by atoms with Gasteiger partial charge in [0.1, 0.15) is 31.0 Å². The van der Waals surface area contributed by atoms with Gasteiger partial charge in [0, 0.05) is 0 Å². The van der Waals surface area contributed by atoms with Gasteiger partial charge in [0.15, 0.2) is 0 Å². The number of aryl methyl sites for hydroxylation is 1. The van der Waals surface area contributed by atoms with E-state index in [0.29, 0.717) is 12.8 Å². The minimum absolute atomic E-state index is 0.0575. The van der Waals surface area contributed by atoms with Crippen LogP contribution in [0.25, 0.3) is 0 Å². The summed E-state index contributed by atoms with van der Waals surface area (Å²) >= 11 is 0. The quantitative estimate of drug-likeness (QED) is 0.482. The SMILES string of the molecule is Cc1ccccc1OCCOC(=O)CN1C(=O)NC2(CCCC2)C1=O. The molecule has 0 unspecified atom stereocenters. The lowest BCUT2D eigenvalue weighted by Gasteiger charge is -2.19. The average molecular weight is 346 g/mol. The van der Waals surface area contributed by atoms with E-state index in [0.717, 1.165) is 29.1 Å². The number of nitrogens with one attached hydrogen (secondary N) is 1. The molecule has 1 aromatic carbocycles. The van der Waals surface area contributed by atoms with E-state index in [1.54, 1.807) is 0 Å². The summed E-state index contributed by atoms with van der Waals surface area (Å²) in [5, 5.41) is 2.73. The van der Waals surface area contributed by atoms with Gasteiger partial charge in [0.25, 0.3) is 5.91 Å². The molecule has 1 spiro atoms. The number of amides is 3. The summed E-state index contributed by atoms with van der Waals surface area (Å²) in [5.74, 6) is -0.203. The van der Waals surface area contributed by atoms with Gasteiger partial charge < -0.3 is 14.8 Å². The zero-order chi connectivity index (χ0) is 17.9. The van der Waals surface area contributed by atoms with Gasteiger partial charge in [-0.15, -0.1) is 0 Å². The molecule has 1 aliphatic carbocycles. The summed E-state index contributed by atoms with van der Waals surface area (Å²) in [6.07, 6.45) is 3.07. The minimum atomic E-state index is -0.800. The molecule has 2 aliphatic rings. The summed E-state index contributed by atoms with van der Waals surface area (Å²) in [4.78, 5) is 37.3. The first-order chi connectivity index (χ1) is 12.0. The molecule has 0 radical (unpaired) electrons. The maximum absolute atomic E-state index is 12.4. The molecule has 1 saturated carbocycles. The van der Waals surface area contributed by atoms with Crippen LogP contribution in [-0.4, -0.2) is 48.1 Å². The van der Waals surface area contributed by atoms with Gasteiger partial charge in [0.2, 0.25) is 0 Å². The Morgan fingerprint density at radius 1 is 1.20 bits per heavy atom. The fourth-order valence-electron chi connectivity index (χ4n) is 3.34. The molecule has 134 valence electrons. The van der Waals surface area contributed by atoms with Crippen LogP contribution in [0.1, 0.15) is 31.2 Å². The molecular weight excluding hydrogens is 324 g/mol. The summed E-state index contributed by atoms with van der Waals surface area (Å²) in [7, 11) is 0. The van der Waals surface area contributed by atoms with Gasteiger partial charge in [-0.3, -0.25) is 14.5 Å². The number of imide groups is 1. The van der Waals surface area contributed by atoms with Crippen molar-refractivity contribution < 1.29 is 23.9 Å². The Balaban J connectivity index is 1.44. The topological polar surface area (TPSA) is 84.9 Å². The van der Waals surface area contributed by atoms with E-state index in [2.05, 4.69) is 5.32 Å². The largest absolute Gasteiger partial charge is 0.490 e. The van der Waals surface area contributed by atoms with Crippen LogP contribution in [-0.2, 0) is 14.3 Å². The number of hydrogen-bond donors (Lipinski definition) is 1. The Kier molecular flexibility index (Phi) is 4.92. The van der Waals surface area contributed by atoms with Gasteiger partial charge in [-0.1, -0.05) is 31.0 Å². The zero-order valence-electron chi connectivity index (χ0n) is 14.2. The van der Waals surface area contributed by atoms with Gasteiger partial charge in [-0.05, 0) is 31.4 Å². The third-order valence-electron chi connectivity index (χ3n) is 4.69. The molecule has 1 aliphatic heterocycles. The normalized spacial score (nSPS) is 18.5. The van der Waals surface area contributed by atoms with Crippen molar-refractivity contribution in [2.75, 3.05) is 19.8 Å². The monoisotopic (exact) mass is 346 g/mol. The highest BCUT2D eigenvalue weighted by Crippen LogP contribution is 2.34. The number of carbonyl (C=O) groups excluding carboxylic acids is 3. The summed E-state index contributed by atoms with van der Waals surface area (Å²) < 4.78 is 10.6. The standard InChI is InChI=1S/C18H22N2O5/c1-13-6-2-3-7-14(13)24-10-11-25-15(21)12-20-16(22)18(19-17(20)23)8-4-5-9-18/h2-3,6-7H,4-5,8-12H2,1H3,(H,19,23). The van der Waals surface area contributed by atoms with Crippen LogP contribution in [0.15, 0.2) is 24.3 Å². The van der Waals surface area contributed by atoms with Crippen molar-refractivity contribution in [1.29, 1.82) is 0 Å². The average Bonchev–Trinajstić information content (AvgIpc) is 3.14. The van der Waals surface area contributed by atoms with Crippen LogP contribution in [0.3, 0.4) is 0 Å². The number of carbonyl (C=O) groups is 3. The highest BCUT2D eigenvalue weighted by atomic mass is 16.6. The number of esters is 1. The second-order valence-electron chi connectivity index (χ2n) is 6.45. The first-order valence-electron chi connectivity index (χ1n) is 8.50. The van der Waals surface area contributed by atoms with E-state index in [1.807, 2.05) is 31.2 Å². The van der Waals surface area contributed by atoms with Crippen molar-refractivity contribution >= 4 is 17.9 Å². The van der Waals surface area contributed by atoms with Crippen molar-refractivity contribution in [3.63, 3.8) is 0 Å². The minimum Gasteiger partial charge on any atom is -0.490 e. The molecule has 0 aromatic heterocycles. The Morgan fingerprint density at radius 2 is 1.92 bits per heavy atom. The number of para-hydroxylation sites is 1. The van der Waals surface area contributed by atoms with Crippen LogP contribution < -0.4 is 10.1 Å². The lowest BCUT2D eigenvalue weighted by molar-refractivity contribution is -0.148. The van der Waals surface area contributed by atoms with Crippen LogP contribution in [0, 0.1) is 6.92 Å². The number of rotatable bonds is 6. The van der Waals surface area contributed by atoms with Gasteiger partial charge in [-0.2, -0.15) is 0 Å². The summed E-state index contributed by atoms with van der Waals surface area (Å²) in [6, 6.07) is 7.03. The van der Waals surface area contributed by atoms with Crippen LogP contribution in [0.2, 0.25) is 0 Å². The van der Waals surface area contributed by atoms with Crippen LogP contribution in [0.4, 0.5) is 4.79 Å². The van der Waals surface area contributed by atoms with E-state index in [4.69, 9.17) is 9.47 Å². The maximum Gasteiger partial charge on any atom is 0.326 e. The third kappa shape index (κ3) is 3.60. The first-order valence-corrected chi connectivity index (χ1v) is 8.50. The molecule has 1 aromatic rings. The first kappa shape index (κ1) is 17.3. The van der Waals surface area contributed by atoms with Crippen LogP contribution >= 0.6 is 0 Å². The number of urea groups is 1. The lowest BCUT2D eigenvalue weighted by atomic mass is 9.98. The molecule has 7 nitrogen and oxygen atoms in total. The second-order valence-corrected chi connectivity index (χ2v) is 6.45. The van der Waals surface area contributed by atoms with Crippen LogP contribution in [0.5, 0.6) is 5.75 Å². The molecule has 25 heavy (non-hydrogen) atoms. The number of ether oxygens (including phenoxy) is 2. The molecule has 0 bridgehead atoms. The second kappa shape index (κ2) is 7.13. The van der Waals surface area contributed by atoms with Crippen molar-refractivity contribution in [3.05, 3.63) is 29.8 Å². The summed E-state index contributed by atoms with van der Waals surface area (Å²) in [6.45, 7) is 1.83.